The lowest BCUT2D eigenvalue weighted by Crippen LogP contribution is -2.04. The summed E-state index contributed by atoms with van der Waals surface area (Å²) in [6.07, 6.45) is 15.2. The van der Waals surface area contributed by atoms with Crippen LogP contribution in [0.2, 0.25) is 0 Å². The highest BCUT2D eigenvalue weighted by molar-refractivity contribution is 6.04. The van der Waals surface area contributed by atoms with Crippen molar-refractivity contribution >= 4 is 21.9 Å². The molecule has 0 bridgehead atoms. The van der Waals surface area contributed by atoms with Gasteiger partial charge in [-0.1, -0.05) is 207 Å². The maximum Gasteiger partial charge on any atom is 0.164 e. The third-order valence-corrected chi connectivity index (χ3v) is 10.1. The average Bonchev–Trinajstić information content (AvgIpc) is 3.32. The largest absolute Gasteiger partial charge is 0.208 e. The van der Waals surface area contributed by atoms with Gasteiger partial charge in [0.25, 0.3) is 0 Å². The second kappa shape index (κ2) is 18.1. The Morgan fingerprint density at radius 3 is 1.28 bits per heavy atom. The molecule has 0 spiro atoms. The number of benzene rings is 6. The van der Waals surface area contributed by atoms with Gasteiger partial charge in [-0.25, -0.2) is 29.9 Å². The van der Waals surface area contributed by atoms with Crippen LogP contribution < -0.4 is 0 Å². The number of hydrogen-bond acceptors (Lipinski definition) is 6. The van der Waals surface area contributed by atoms with Gasteiger partial charge < -0.3 is 0 Å². The van der Waals surface area contributed by atoms with Crippen molar-refractivity contribution in [3.05, 3.63) is 219 Å². The molecule has 288 valence electrons. The van der Waals surface area contributed by atoms with Gasteiger partial charge in [0.15, 0.2) is 34.9 Å². The molecule has 6 heteroatoms. The van der Waals surface area contributed by atoms with Crippen molar-refractivity contribution < 1.29 is 0 Å². The first-order valence-corrected chi connectivity index (χ1v) is 19.8. The van der Waals surface area contributed by atoms with E-state index in [-0.39, 0.29) is 0 Å². The second-order valence-electron chi connectivity index (χ2n) is 13.9. The van der Waals surface area contributed by atoms with Crippen LogP contribution in [-0.4, -0.2) is 29.9 Å². The summed E-state index contributed by atoms with van der Waals surface area (Å²) in [5.41, 5.74) is 9.82. The molecule has 0 saturated heterocycles. The Hall–Kier alpha value is -7.96. The first-order chi connectivity index (χ1) is 29.6. The van der Waals surface area contributed by atoms with Gasteiger partial charge in [0.1, 0.15) is 0 Å². The minimum atomic E-state index is 0.551. The third-order valence-electron chi connectivity index (χ3n) is 10.1. The number of rotatable bonds is 12. The van der Waals surface area contributed by atoms with Crippen LogP contribution in [-0.2, 0) is 0 Å². The number of aromatic nitrogens is 6. The van der Waals surface area contributed by atoms with Crippen molar-refractivity contribution in [2.75, 3.05) is 0 Å². The number of nitrogens with zero attached hydrogens (tertiary/aromatic N) is 6. The Kier molecular flexibility index (Phi) is 11.7. The molecule has 0 radical (unpaired) electrons. The number of allylic oxidation sites excluding steroid dienone is 10. The molecule has 0 atom stereocenters. The Morgan fingerprint density at radius 1 is 0.417 bits per heavy atom. The van der Waals surface area contributed by atoms with Gasteiger partial charge in [-0.2, -0.15) is 0 Å². The molecular weight excluding hydrogens is 733 g/mol. The SMILES string of the molecule is C=C/C=C\C(=C/C)c1nc(/C(C=C)=C/C=C\C)nc(-c2ccc(-c3cccc4c(-c5ccc(-c6nc(-c7ccccc7)nc(-c7ccccc7)n6)cc5)cccc34)cc2)n1. The quantitative estimate of drug-likeness (QED) is 0.115. The van der Waals surface area contributed by atoms with E-state index < -0.39 is 0 Å². The van der Waals surface area contributed by atoms with E-state index in [2.05, 4.69) is 98.1 Å². The van der Waals surface area contributed by atoms with Crippen LogP contribution >= 0.6 is 0 Å². The maximum absolute atomic E-state index is 4.92. The predicted octanol–water partition coefficient (Wildman–Crippen LogP) is 13.5. The smallest absolute Gasteiger partial charge is 0.164 e. The first kappa shape index (κ1) is 38.9. The van der Waals surface area contributed by atoms with Crippen molar-refractivity contribution in [3.8, 4) is 67.8 Å². The Balaban J connectivity index is 1.13. The van der Waals surface area contributed by atoms with E-state index in [9.17, 15) is 0 Å². The first-order valence-electron chi connectivity index (χ1n) is 19.8. The summed E-state index contributed by atoms with van der Waals surface area (Å²) in [5, 5.41) is 2.32. The van der Waals surface area contributed by atoms with Gasteiger partial charge in [-0.05, 0) is 46.9 Å². The van der Waals surface area contributed by atoms with Crippen molar-refractivity contribution in [1.29, 1.82) is 0 Å². The summed E-state index contributed by atoms with van der Waals surface area (Å²) in [6.45, 7) is 11.8. The lowest BCUT2D eigenvalue weighted by molar-refractivity contribution is 1.00. The van der Waals surface area contributed by atoms with E-state index in [1.807, 2.05) is 111 Å². The fourth-order valence-corrected chi connectivity index (χ4v) is 7.02. The summed E-state index contributed by atoms with van der Waals surface area (Å²) in [5.74, 6) is 3.61. The Labute approximate surface area is 351 Å². The molecule has 2 aromatic heterocycles. The monoisotopic (exact) mass is 774 g/mol. The lowest BCUT2D eigenvalue weighted by Gasteiger charge is -2.13. The number of hydrogen-bond donors (Lipinski definition) is 0. The average molecular weight is 775 g/mol. The van der Waals surface area contributed by atoms with E-state index >= 15 is 0 Å². The minimum absolute atomic E-state index is 0.551. The van der Waals surface area contributed by atoms with E-state index in [1.165, 1.54) is 0 Å². The van der Waals surface area contributed by atoms with Crippen molar-refractivity contribution in [3.63, 3.8) is 0 Å². The van der Waals surface area contributed by atoms with Crippen LogP contribution in [0.15, 0.2) is 207 Å². The van der Waals surface area contributed by atoms with E-state index in [0.717, 1.165) is 66.4 Å². The Morgan fingerprint density at radius 2 is 0.850 bits per heavy atom. The number of fused-ring (bicyclic) bond motifs is 1. The van der Waals surface area contributed by atoms with Crippen LogP contribution in [0.3, 0.4) is 0 Å². The van der Waals surface area contributed by atoms with Gasteiger partial charge in [-0.3, -0.25) is 0 Å². The summed E-state index contributed by atoms with van der Waals surface area (Å²) in [4.78, 5) is 29.4. The van der Waals surface area contributed by atoms with Crippen LogP contribution in [0, 0.1) is 0 Å². The molecule has 2 heterocycles. The van der Waals surface area contributed by atoms with E-state index in [1.54, 1.807) is 12.2 Å². The summed E-state index contributed by atoms with van der Waals surface area (Å²) in [7, 11) is 0. The topological polar surface area (TPSA) is 77.3 Å². The molecule has 8 rings (SSSR count). The van der Waals surface area contributed by atoms with Crippen molar-refractivity contribution in [2.24, 2.45) is 0 Å². The molecule has 60 heavy (non-hydrogen) atoms. The zero-order valence-electron chi connectivity index (χ0n) is 33.6. The zero-order valence-corrected chi connectivity index (χ0v) is 33.6. The van der Waals surface area contributed by atoms with E-state index in [0.29, 0.717) is 34.9 Å². The minimum Gasteiger partial charge on any atom is -0.208 e. The predicted molar refractivity (Wildman–Crippen MR) is 249 cm³/mol. The standard InChI is InChI=1S/C54H42N6/c1-5-9-19-37(7-3)49-55-50(38(8-4)20-10-6-2)57-53(56-49)43-33-29-39(30-34-43)45-25-17-28-48-46(26-18-27-47(45)48)40-31-35-44(36-32-40)54-59-51(41-21-13-11-14-22-41)58-52(60-54)42-23-15-12-16-24-42/h5-36H,1,4H2,2-3H3/b10-6-,19-9-,37-7+,38-20+. The molecule has 6 aromatic carbocycles. The van der Waals surface area contributed by atoms with Gasteiger partial charge in [-0.15, -0.1) is 0 Å². The van der Waals surface area contributed by atoms with Crippen LogP contribution in [0.25, 0.3) is 89.7 Å². The molecule has 8 aromatic rings. The van der Waals surface area contributed by atoms with Gasteiger partial charge in [0.2, 0.25) is 0 Å². The second-order valence-corrected chi connectivity index (χ2v) is 13.9. The molecular formula is C54H42N6. The highest BCUT2D eigenvalue weighted by Gasteiger charge is 2.16. The molecule has 6 nitrogen and oxygen atoms in total. The molecule has 0 amide bonds. The molecule has 0 fully saturated rings. The lowest BCUT2D eigenvalue weighted by atomic mass is 9.92. The zero-order chi connectivity index (χ0) is 41.3. The summed E-state index contributed by atoms with van der Waals surface area (Å²) < 4.78 is 0. The van der Waals surface area contributed by atoms with Gasteiger partial charge in [0, 0.05) is 33.4 Å². The van der Waals surface area contributed by atoms with Gasteiger partial charge in [0.05, 0.1) is 0 Å². The van der Waals surface area contributed by atoms with E-state index in [4.69, 9.17) is 29.9 Å². The van der Waals surface area contributed by atoms with Gasteiger partial charge >= 0.3 is 0 Å². The Bertz CT molecular complexity index is 2880. The molecule has 0 aliphatic carbocycles. The van der Waals surface area contributed by atoms with Crippen LogP contribution in [0.4, 0.5) is 0 Å². The summed E-state index contributed by atoms with van der Waals surface area (Å²) in [6, 6.07) is 49.9. The van der Waals surface area contributed by atoms with Crippen molar-refractivity contribution in [1.82, 2.24) is 29.9 Å². The molecule has 0 aliphatic rings. The highest BCUT2D eigenvalue weighted by atomic mass is 15.0. The summed E-state index contributed by atoms with van der Waals surface area (Å²) >= 11 is 0. The normalized spacial score (nSPS) is 12.0. The van der Waals surface area contributed by atoms with Crippen molar-refractivity contribution in [2.45, 2.75) is 13.8 Å². The van der Waals surface area contributed by atoms with Crippen LogP contribution in [0.1, 0.15) is 25.5 Å². The highest BCUT2D eigenvalue weighted by Crippen LogP contribution is 2.36. The molecule has 0 N–H and O–H groups in total. The molecule has 0 aliphatic heterocycles. The maximum atomic E-state index is 4.92. The third kappa shape index (κ3) is 8.35. The molecule has 0 saturated carbocycles. The molecule has 0 unspecified atom stereocenters. The van der Waals surface area contributed by atoms with Crippen LogP contribution in [0.5, 0.6) is 0 Å². The fraction of sp³-hybridized carbons (Fsp3) is 0.0370. The fourth-order valence-electron chi connectivity index (χ4n) is 7.02.